The number of halogens is 1. The van der Waals surface area contributed by atoms with Gasteiger partial charge in [0.15, 0.2) is 0 Å². The van der Waals surface area contributed by atoms with E-state index in [9.17, 15) is 0 Å². The van der Waals surface area contributed by atoms with E-state index in [-0.39, 0.29) is 6.10 Å². The van der Waals surface area contributed by atoms with Gasteiger partial charge in [0, 0.05) is 23.7 Å². The SMILES string of the molecule is CCCCOCCOC(CNCCC)c1ccccc1Cl. The molecule has 1 N–H and O–H groups in total. The quantitative estimate of drug-likeness (QED) is 0.586. The van der Waals surface area contributed by atoms with E-state index in [2.05, 4.69) is 19.2 Å². The first-order valence-corrected chi connectivity index (χ1v) is 8.31. The predicted molar refractivity (Wildman–Crippen MR) is 89.0 cm³/mol. The number of unbranched alkanes of at least 4 members (excludes halogenated alkanes) is 1. The van der Waals surface area contributed by atoms with Crippen molar-refractivity contribution >= 4 is 11.6 Å². The lowest BCUT2D eigenvalue weighted by Crippen LogP contribution is -2.25. The molecule has 120 valence electrons. The molecular weight excluding hydrogens is 286 g/mol. The van der Waals surface area contributed by atoms with E-state index in [1.165, 1.54) is 0 Å². The number of benzene rings is 1. The Morgan fingerprint density at radius 2 is 1.90 bits per heavy atom. The fraction of sp³-hybridized carbons (Fsp3) is 0.647. The zero-order valence-electron chi connectivity index (χ0n) is 13.2. The number of hydrogen-bond acceptors (Lipinski definition) is 3. The van der Waals surface area contributed by atoms with Gasteiger partial charge in [-0.25, -0.2) is 0 Å². The highest BCUT2D eigenvalue weighted by molar-refractivity contribution is 6.31. The van der Waals surface area contributed by atoms with Crippen molar-refractivity contribution in [3.8, 4) is 0 Å². The molecule has 0 radical (unpaired) electrons. The second-order valence-electron chi connectivity index (χ2n) is 5.05. The second kappa shape index (κ2) is 12.0. The highest BCUT2D eigenvalue weighted by atomic mass is 35.5. The zero-order valence-corrected chi connectivity index (χ0v) is 14.0. The Hall–Kier alpha value is -0.610. The normalized spacial score (nSPS) is 12.5. The van der Waals surface area contributed by atoms with E-state index in [0.717, 1.165) is 49.5 Å². The molecule has 1 atom stereocenters. The largest absolute Gasteiger partial charge is 0.379 e. The van der Waals surface area contributed by atoms with Crippen LogP contribution < -0.4 is 5.32 Å². The van der Waals surface area contributed by atoms with Gasteiger partial charge in [-0.1, -0.05) is 50.1 Å². The summed E-state index contributed by atoms with van der Waals surface area (Å²) >= 11 is 6.27. The van der Waals surface area contributed by atoms with Gasteiger partial charge in [-0.05, 0) is 25.5 Å². The molecule has 1 unspecified atom stereocenters. The summed E-state index contributed by atoms with van der Waals surface area (Å²) in [6, 6.07) is 7.87. The number of ether oxygens (including phenoxy) is 2. The summed E-state index contributed by atoms with van der Waals surface area (Å²) < 4.78 is 11.5. The van der Waals surface area contributed by atoms with Crippen LogP contribution in [0.3, 0.4) is 0 Å². The molecule has 0 fully saturated rings. The molecule has 0 bridgehead atoms. The molecule has 0 aliphatic carbocycles. The van der Waals surface area contributed by atoms with Crippen LogP contribution in [0, 0.1) is 0 Å². The maximum Gasteiger partial charge on any atom is 0.0964 e. The van der Waals surface area contributed by atoms with Crippen molar-refractivity contribution in [2.24, 2.45) is 0 Å². The third-order valence-electron chi connectivity index (χ3n) is 3.20. The van der Waals surface area contributed by atoms with Gasteiger partial charge in [0.25, 0.3) is 0 Å². The van der Waals surface area contributed by atoms with E-state index < -0.39 is 0 Å². The average Bonchev–Trinajstić information content (AvgIpc) is 2.50. The fourth-order valence-corrected chi connectivity index (χ4v) is 2.26. The Kier molecular flexibility index (Phi) is 10.5. The lowest BCUT2D eigenvalue weighted by Gasteiger charge is -2.20. The summed E-state index contributed by atoms with van der Waals surface area (Å²) in [5.41, 5.74) is 1.04. The third-order valence-corrected chi connectivity index (χ3v) is 3.54. The van der Waals surface area contributed by atoms with Crippen LogP contribution in [0.2, 0.25) is 5.02 Å². The van der Waals surface area contributed by atoms with Gasteiger partial charge in [0.05, 0.1) is 19.3 Å². The average molecular weight is 314 g/mol. The van der Waals surface area contributed by atoms with Crippen molar-refractivity contribution in [3.05, 3.63) is 34.9 Å². The van der Waals surface area contributed by atoms with E-state index in [1.54, 1.807) is 0 Å². The molecule has 0 aliphatic rings. The Morgan fingerprint density at radius 1 is 1.10 bits per heavy atom. The molecule has 3 nitrogen and oxygen atoms in total. The Bertz CT molecular complexity index is 374. The third kappa shape index (κ3) is 7.82. The molecule has 1 aromatic rings. The van der Waals surface area contributed by atoms with Crippen LogP contribution >= 0.6 is 11.6 Å². The van der Waals surface area contributed by atoms with E-state index in [1.807, 2.05) is 24.3 Å². The van der Waals surface area contributed by atoms with Crippen molar-refractivity contribution in [2.45, 2.75) is 39.2 Å². The van der Waals surface area contributed by atoms with Crippen LogP contribution in [-0.4, -0.2) is 32.9 Å². The first-order valence-electron chi connectivity index (χ1n) is 7.94. The molecule has 0 aromatic heterocycles. The topological polar surface area (TPSA) is 30.5 Å². The maximum absolute atomic E-state index is 6.27. The highest BCUT2D eigenvalue weighted by Crippen LogP contribution is 2.24. The monoisotopic (exact) mass is 313 g/mol. The van der Waals surface area contributed by atoms with Gasteiger partial charge in [0.2, 0.25) is 0 Å². The molecule has 1 aromatic carbocycles. The first kappa shape index (κ1) is 18.4. The van der Waals surface area contributed by atoms with Crippen LogP contribution in [0.5, 0.6) is 0 Å². The summed E-state index contributed by atoms with van der Waals surface area (Å²) in [6.07, 6.45) is 3.34. The number of nitrogens with one attached hydrogen (secondary N) is 1. The van der Waals surface area contributed by atoms with Crippen molar-refractivity contribution < 1.29 is 9.47 Å². The van der Waals surface area contributed by atoms with Crippen LogP contribution in [-0.2, 0) is 9.47 Å². The standard InChI is InChI=1S/C17H28ClNO2/c1-3-5-11-20-12-13-21-17(14-19-10-4-2)15-8-6-7-9-16(15)18/h6-9,17,19H,3-5,10-14H2,1-2H3. The van der Waals surface area contributed by atoms with Gasteiger partial charge < -0.3 is 14.8 Å². The van der Waals surface area contributed by atoms with Crippen LogP contribution in [0.25, 0.3) is 0 Å². The molecule has 0 spiro atoms. The first-order chi connectivity index (χ1) is 10.3. The maximum atomic E-state index is 6.27. The molecule has 4 heteroatoms. The van der Waals surface area contributed by atoms with Gasteiger partial charge in [-0.3, -0.25) is 0 Å². The van der Waals surface area contributed by atoms with Gasteiger partial charge in [-0.15, -0.1) is 0 Å². The Balaban J connectivity index is 2.43. The molecule has 0 heterocycles. The minimum atomic E-state index is -0.0278. The molecule has 0 aliphatic heterocycles. The van der Waals surface area contributed by atoms with Crippen LogP contribution in [0.4, 0.5) is 0 Å². The summed E-state index contributed by atoms with van der Waals surface area (Å²) in [6.45, 7) is 8.10. The summed E-state index contributed by atoms with van der Waals surface area (Å²) in [5.74, 6) is 0. The van der Waals surface area contributed by atoms with E-state index in [0.29, 0.717) is 13.2 Å². The van der Waals surface area contributed by atoms with Crippen molar-refractivity contribution in [2.75, 3.05) is 32.9 Å². The minimum absolute atomic E-state index is 0.0278. The smallest absolute Gasteiger partial charge is 0.0964 e. The molecule has 1 rings (SSSR count). The van der Waals surface area contributed by atoms with Gasteiger partial charge >= 0.3 is 0 Å². The zero-order chi connectivity index (χ0) is 15.3. The van der Waals surface area contributed by atoms with Crippen molar-refractivity contribution in [1.82, 2.24) is 5.32 Å². The summed E-state index contributed by atoms with van der Waals surface area (Å²) in [5, 5.41) is 4.15. The molecule has 0 saturated heterocycles. The van der Waals surface area contributed by atoms with E-state index in [4.69, 9.17) is 21.1 Å². The Labute approximate surface area is 134 Å². The van der Waals surface area contributed by atoms with Crippen molar-refractivity contribution in [3.63, 3.8) is 0 Å². The fourth-order valence-electron chi connectivity index (χ4n) is 2.00. The Morgan fingerprint density at radius 3 is 2.62 bits per heavy atom. The molecular formula is C17H28ClNO2. The van der Waals surface area contributed by atoms with Crippen LogP contribution in [0.15, 0.2) is 24.3 Å². The number of hydrogen-bond donors (Lipinski definition) is 1. The summed E-state index contributed by atoms with van der Waals surface area (Å²) in [4.78, 5) is 0. The minimum Gasteiger partial charge on any atom is -0.379 e. The molecule has 0 saturated carbocycles. The molecule has 0 amide bonds. The van der Waals surface area contributed by atoms with Gasteiger partial charge in [0.1, 0.15) is 0 Å². The summed E-state index contributed by atoms with van der Waals surface area (Å²) in [7, 11) is 0. The van der Waals surface area contributed by atoms with Gasteiger partial charge in [-0.2, -0.15) is 0 Å². The molecule has 21 heavy (non-hydrogen) atoms. The highest BCUT2D eigenvalue weighted by Gasteiger charge is 2.14. The van der Waals surface area contributed by atoms with E-state index >= 15 is 0 Å². The van der Waals surface area contributed by atoms with Crippen LogP contribution in [0.1, 0.15) is 44.8 Å². The predicted octanol–water partition coefficient (Wildman–Crippen LogP) is 4.21. The second-order valence-corrected chi connectivity index (χ2v) is 5.46. The number of rotatable bonds is 12. The lowest BCUT2D eigenvalue weighted by molar-refractivity contribution is 0.00371. The van der Waals surface area contributed by atoms with Crippen molar-refractivity contribution in [1.29, 1.82) is 0 Å². The lowest BCUT2D eigenvalue weighted by atomic mass is 10.1.